The number of carbonyl (C=O) groups is 5. The Morgan fingerprint density at radius 2 is 1.79 bits per heavy atom. The van der Waals surface area contributed by atoms with Crippen LogP contribution in [-0.4, -0.2) is 156 Å². The summed E-state index contributed by atoms with van der Waals surface area (Å²) >= 11 is 0. The molecule has 0 radical (unpaired) electrons. The van der Waals surface area contributed by atoms with Crippen molar-refractivity contribution in [3.8, 4) is 11.3 Å². The first-order valence-corrected chi connectivity index (χ1v) is 25.9. The number of benzene rings is 1. The van der Waals surface area contributed by atoms with E-state index in [0.717, 1.165) is 58.4 Å². The smallest absolute Gasteiger partial charge is 0.324 e. The molecule has 386 valence electrons. The Morgan fingerprint density at radius 3 is 2.48 bits per heavy atom. The average Bonchev–Trinajstić information content (AvgIpc) is 3.92. The number of fused-ring (bicyclic) bond motifs is 6. The third-order valence-corrected chi connectivity index (χ3v) is 16.0. The summed E-state index contributed by atoms with van der Waals surface area (Å²) in [5.41, 5.74) is 8.76. The van der Waals surface area contributed by atoms with Gasteiger partial charge in [0.05, 0.1) is 42.9 Å². The van der Waals surface area contributed by atoms with Crippen LogP contribution in [0, 0.1) is 16.7 Å². The molecule has 7 heterocycles. The fraction of sp³-hybridized carbons (Fsp3) is 0.630. The van der Waals surface area contributed by atoms with Crippen molar-refractivity contribution in [1.82, 2.24) is 40.0 Å². The first-order valence-electron chi connectivity index (χ1n) is 25.9. The molecule has 5 aliphatic rings. The van der Waals surface area contributed by atoms with Crippen molar-refractivity contribution < 1.29 is 38.2 Å². The summed E-state index contributed by atoms with van der Waals surface area (Å²) in [6, 6.07) is 7.49. The number of cyclic esters (lactones) is 1. The molecular formula is C54H77N9O8. The lowest BCUT2D eigenvalue weighted by Gasteiger charge is -2.43. The van der Waals surface area contributed by atoms with Crippen molar-refractivity contribution >= 4 is 46.3 Å². The van der Waals surface area contributed by atoms with E-state index in [1.807, 2.05) is 31.7 Å². The highest BCUT2D eigenvalue weighted by Crippen LogP contribution is 2.43. The highest BCUT2D eigenvalue weighted by Gasteiger charge is 2.45. The molecule has 3 aromatic rings. The molecule has 71 heavy (non-hydrogen) atoms. The number of likely N-dealkylation sites (tertiary alicyclic amines) is 2. The summed E-state index contributed by atoms with van der Waals surface area (Å²) in [5.74, 6) is -1.64. The SMILES string of the molecule is C=CC(=O)N1CCC2(CCN(C(=O)N(C)[C@H](C(=O)N[C@H]3C[C@@H]4OCCN(c5ccc6c(c5)c(c(-c5cccnc5[C@H](C)OC)n6CC)CC(C)(C)COC(=O)[C@@H]5CCCN(N5)C3=O)[C@@H]4C)C(C)C)CC2)C1. The number of methoxy groups -OCH3 is 1. The van der Waals surface area contributed by atoms with Crippen molar-refractivity contribution in [2.45, 2.75) is 136 Å². The Morgan fingerprint density at radius 1 is 1.06 bits per heavy atom. The summed E-state index contributed by atoms with van der Waals surface area (Å²) in [4.78, 5) is 82.7. The molecule has 5 aliphatic heterocycles. The second-order valence-electron chi connectivity index (χ2n) is 21.8. The Labute approximate surface area is 419 Å². The Kier molecular flexibility index (Phi) is 15.5. The largest absolute Gasteiger partial charge is 0.464 e. The molecular weight excluding hydrogens is 903 g/mol. The number of hydrogen-bond acceptors (Lipinski definition) is 11. The maximum atomic E-state index is 14.9. The number of piperidine rings is 1. The minimum atomic E-state index is -1.06. The molecule has 4 saturated heterocycles. The van der Waals surface area contributed by atoms with E-state index in [1.165, 1.54) is 16.0 Å². The third kappa shape index (κ3) is 10.5. The first-order chi connectivity index (χ1) is 33.9. The van der Waals surface area contributed by atoms with Gasteiger partial charge in [0.15, 0.2) is 0 Å². The van der Waals surface area contributed by atoms with Crippen LogP contribution in [0.2, 0.25) is 0 Å². The van der Waals surface area contributed by atoms with Gasteiger partial charge in [-0.25, -0.2) is 10.2 Å². The van der Waals surface area contributed by atoms with Crippen LogP contribution >= 0.6 is 0 Å². The van der Waals surface area contributed by atoms with E-state index < -0.39 is 41.5 Å². The molecule has 2 aromatic heterocycles. The summed E-state index contributed by atoms with van der Waals surface area (Å²) in [6.45, 7) is 22.5. The number of urea groups is 1. The van der Waals surface area contributed by atoms with E-state index in [1.54, 1.807) is 25.3 Å². The molecule has 0 aliphatic carbocycles. The van der Waals surface area contributed by atoms with Crippen LogP contribution in [0.15, 0.2) is 49.2 Å². The lowest BCUT2D eigenvalue weighted by Crippen LogP contribution is -2.63. The second kappa shape index (κ2) is 21.3. The summed E-state index contributed by atoms with van der Waals surface area (Å²) < 4.78 is 20.9. The second-order valence-corrected chi connectivity index (χ2v) is 21.8. The number of pyridine rings is 1. The number of carbonyl (C=O) groups excluding carboxylic acids is 5. The standard InChI is InChI=1S/C54H77N9O8/c1-11-45(64)60-26-21-54(32-60)19-24-59(25-20-54)52(68)58(9)47(34(3)4)49(65)56-42-30-44-35(5)62(27-28-70-44)37-17-18-43-39(29-37)40(48(61(43)12-2)38-15-13-22-55-46(38)36(6)69-10)31-53(7,8)33-71-51(67)41-16-14-23-63(57-41)50(42)66/h11,13,15,17-18,22,29,34-36,41-42,44,47,57H,1,12,14,16,19-21,23-28,30-33H2,2-10H3,(H,56,65)/t35-,36+,41+,42+,44+,47+/m1/s1. The number of esters is 1. The lowest BCUT2D eigenvalue weighted by atomic mass is 9.78. The van der Waals surface area contributed by atoms with E-state index in [-0.39, 0.29) is 54.4 Å². The number of anilines is 1. The first kappa shape index (κ1) is 51.8. The molecule has 17 heteroatoms. The normalized spacial score (nSPS) is 24.6. The molecule has 1 spiro atoms. The zero-order valence-electron chi connectivity index (χ0n) is 43.5. The van der Waals surface area contributed by atoms with Gasteiger partial charge in [-0.3, -0.25) is 29.2 Å². The average molecular weight is 980 g/mol. The van der Waals surface area contributed by atoms with Gasteiger partial charge in [-0.05, 0) is 113 Å². The van der Waals surface area contributed by atoms with Crippen LogP contribution in [0.3, 0.4) is 0 Å². The highest BCUT2D eigenvalue weighted by molar-refractivity contribution is 5.95. The summed E-state index contributed by atoms with van der Waals surface area (Å²) in [5, 5.41) is 5.68. The number of aromatic nitrogens is 2. The molecule has 2 N–H and O–H groups in total. The predicted molar refractivity (Wildman–Crippen MR) is 272 cm³/mol. The fourth-order valence-corrected chi connectivity index (χ4v) is 11.9. The number of ether oxygens (including phenoxy) is 3. The van der Waals surface area contributed by atoms with Crippen LogP contribution in [0.5, 0.6) is 0 Å². The maximum Gasteiger partial charge on any atom is 0.324 e. The number of aryl methyl sites for hydroxylation is 1. The quantitative estimate of drug-likeness (QED) is 0.188. The van der Waals surface area contributed by atoms with Gasteiger partial charge < -0.3 is 43.7 Å². The Hall–Kier alpha value is -5.52. The van der Waals surface area contributed by atoms with Crippen molar-refractivity contribution in [3.63, 3.8) is 0 Å². The summed E-state index contributed by atoms with van der Waals surface area (Å²) in [6.07, 6.45) is 6.60. The molecule has 17 nitrogen and oxygen atoms in total. The van der Waals surface area contributed by atoms with Gasteiger partial charge >= 0.3 is 12.0 Å². The van der Waals surface area contributed by atoms with Crippen LogP contribution in [0.1, 0.15) is 104 Å². The van der Waals surface area contributed by atoms with Crippen molar-refractivity contribution in [3.05, 3.63) is 60.4 Å². The number of nitrogens with zero attached hydrogens (tertiary/aromatic N) is 7. The van der Waals surface area contributed by atoms with E-state index >= 15 is 0 Å². The molecule has 6 atom stereocenters. The molecule has 1 aromatic carbocycles. The number of hydrazine groups is 1. The van der Waals surface area contributed by atoms with Crippen LogP contribution in [0.4, 0.5) is 10.5 Å². The van der Waals surface area contributed by atoms with E-state index in [0.29, 0.717) is 71.7 Å². The minimum Gasteiger partial charge on any atom is -0.464 e. The van der Waals surface area contributed by atoms with Gasteiger partial charge in [-0.2, -0.15) is 0 Å². The van der Waals surface area contributed by atoms with Crippen LogP contribution < -0.4 is 15.6 Å². The number of rotatable bonds is 9. The molecule has 4 fully saturated rings. The predicted octanol–water partition coefficient (Wildman–Crippen LogP) is 6.10. The van der Waals surface area contributed by atoms with Gasteiger partial charge in [-0.1, -0.05) is 34.3 Å². The number of morpholine rings is 1. The number of amides is 5. The minimum absolute atomic E-state index is 0.0389. The highest BCUT2D eigenvalue weighted by atomic mass is 16.5. The topological polar surface area (TPSA) is 171 Å². The third-order valence-electron chi connectivity index (χ3n) is 16.0. The number of hydrogen-bond donors (Lipinski definition) is 2. The molecule has 0 unspecified atom stereocenters. The van der Waals surface area contributed by atoms with Crippen LogP contribution in [-0.2, 0) is 46.4 Å². The number of nitrogens with one attached hydrogen (secondary N) is 2. The van der Waals surface area contributed by atoms with Crippen molar-refractivity contribution in [2.24, 2.45) is 16.7 Å². The van der Waals surface area contributed by atoms with Gasteiger partial charge in [-0.15, -0.1) is 0 Å². The molecule has 6 bridgehead atoms. The van der Waals surface area contributed by atoms with Crippen molar-refractivity contribution in [1.29, 1.82) is 0 Å². The zero-order valence-corrected chi connectivity index (χ0v) is 43.5. The lowest BCUT2D eigenvalue weighted by molar-refractivity contribution is -0.156. The number of likely N-dealkylation sites (N-methyl/N-ethyl adjacent to an activating group) is 1. The molecule has 0 saturated carbocycles. The van der Waals surface area contributed by atoms with E-state index in [9.17, 15) is 24.0 Å². The molecule has 8 rings (SSSR count). The molecule has 5 amide bonds. The summed E-state index contributed by atoms with van der Waals surface area (Å²) in [7, 11) is 3.35. The van der Waals surface area contributed by atoms with Gasteiger partial charge in [0, 0.05) is 100 Å². The van der Waals surface area contributed by atoms with Crippen LogP contribution in [0.25, 0.3) is 22.2 Å². The van der Waals surface area contributed by atoms with Gasteiger partial charge in [0.25, 0.3) is 5.91 Å². The van der Waals surface area contributed by atoms with E-state index in [2.05, 4.69) is 78.7 Å². The van der Waals surface area contributed by atoms with Crippen molar-refractivity contribution in [2.75, 3.05) is 71.5 Å². The monoisotopic (exact) mass is 980 g/mol. The Balaban J connectivity index is 1.11. The maximum absolute atomic E-state index is 14.9. The van der Waals surface area contributed by atoms with Gasteiger partial charge in [0.2, 0.25) is 11.8 Å². The fourth-order valence-electron chi connectivity index (χ4n) is 11.9. The Bertz CT molecular complexity index is 2480. The van der Waals surface area contributed by atoms with E-state index in [4.69, 9.17) is 19.2 Å². The zero-order chi connectivity index (χ0) is 50.9. The van der Waals surface area contributed by atoms with Gasteiger partial charge in [0.1, 0.15) is 18.1 Å².